The smallest absolute Gasteiger partial charge is 0.254 e. The molecule has 1 heterocycles. The molecule has 0 atom stereocenters. The Hall–Kier alpha value is -1.26. The summed E-state index contributed by atoms with van der Waals surface area (Å²) in [6.07, 6.45) is 0. The summed E-state index contributed by atoms with van der Waals surface area (Å²) in [4.78, 5) is 13.9. The van der Waals surface area contributed by atoms with E-state index < -0.39 is 0 Å². The molecule has 4 nitrogen and oxygen atoms in total. The number of rotatable bonds is 3. The van der Waals surface area contributed by atoms with Crippen LogP contribution in [-0.4, -0.2) is 44.1 Å². The molecule has 1 aliphatic heterocycles. The number of nitrogens with one attached hydrogen (secondary N) is 1. The Morgan fingerprint density at radius 3 is 2.71 bits per heavy atom. The lowest BCUT2D eigenvalue weighted by molar-refractivity contribution is 0.0681. The number of hydrogen-bond donors (Lipinski definition) is 1. The van der Waals surface area contributed by atoms with E-state index in [1.165, 1.54) is 0 Å². The highest BCUT2D eigenvalue weighted by Crippen LogP contribution is 2.15. The molecule has 0 bridgehead atoms. The van der Waals surface area contributed by atoms with Crippen molar-refractivity contribution in [3.8, 4) is 5.75 Å². The number of likely N-dealkylation sites (N-methyl/N-ethyl adjacent to an activating group) is 1. The van der Waals surface area contributed by atoms with E-state index in [1.807, 2.05) is 25.2 Å². The summed E-state index contributed by atoms with van der Waals surface area (Å²) >= 11 is 0. The molecule has 1 aromatic carbocycles. The second kappa shape index (κ2) is 5.89. The summed E-state index contributed by atoms with van der Waals surface area (Å²) in [5, 5.41) is 3.15. The molecule has 0 saturated carbocycles. The van der Waals surface area contributed by atoms with Gasteiger partial charge in [-0.25, -0.2) is 0 Å². The van der Waals surface area contributed by atoms with E-state index in [0.29, 0.717) is 17.4 Å². The monoisotopic (exact) mass is 256 g/mol. The average molecular weight is 257 g/mol. The predicted octanol–water partition coefficient (Wildman–Crippen LogP) is 1.16. The maximum atomic E-state index is 12.1. The third kappa shape index (κ3) is 2.90. The fourth-order valence-electron chi connectivity index (χ4n) is 1.67. The van der Waals surface area contributed by atoms with Gasteiger partial charge in [0.15, 0.2) is 0 Å². The molecule has 1 fully saturated rings. The van der Waals surface area contributed by atoms with Gasteiger partial charge in [-0.1, -0.05) is 6.07 Å². The first-order valence-electron chi connectivity index (χ1n) is 5.34. The molecule has 0 radical (unpaired) electrons. The molecule has 0 unspecified atom stereocenters. The van der Waals surface area contributed by atoms with E-state index in [-0.39, 0.29) is 18.3 Å². The van der Waals surface area contributed by atoms with E-state index in [2.05, 4.69) is 5.32 Å². The van der Waals surface area contributed by atoms with Crippen molar-refractivity contribution in [3.05, 3.63) is 29.8 Å². The van der Waals surface area contributed by atoms with Crippen LogP contribution in [0.15, 0.2) is 24.3 Å². The second-order valence-corrected chi connectivity index (χ2v) is 3.96. The van der Waals surface area contributed by atoms with Crippen LogP contribution in [-0.2, 0) is 0 Å². The minimum Gasteiger partial charge on any atom is -0.497 e. The summed E-state index contributed by atoms with van der Waals surface area (Å²) in [7, 11) is 3.44. The molecule has 5 heteroatoms. The fourth-order valence-corrected chi connectivity index (χ4v) is 1.67. The standard InChI is InChI=1S/C12H16N2O2.ClH/c1-14(10-7-13-8-10)12(15)9-4-3-5-11(6-9)16-2;/h3-6,10,13H,7-8H2,1-2H3;1H. The third-order valence-electron chi connectivity index (χ3n) is 2.94. The number of nitrogens with zero attached hydrogens (tertiary/aromatic N) is 1. The molecule has 1 amide bonds. The van der Waals surface area contributed by atoms with Crippen LogP contribution in [0.5, 0.6) is 5.75 Å². The highest BCUT2D eigenvalue weighted by molar-refractivity contribution is 5.94. The van der Waals surface area contributed by atoms with Crippen molar-refractivity contribution < 1.29 is 9.53 Å². The lowest BCUT2D eigenvalue weighted by atomic mass is 10.1. The molecular weight excluding hydrogens is 240 g/mol. The van der Waals surface area contributed by atoms with E-state index in [4.69, 9.17) is 4.74 Å². The van der Waals surface area contributed by atoms with Crippen LogP contribution in [0.25, 0.3) is 0 Å². The van der Waals surface area contributed by atoms with Gasteiger partial charge in [0.05, 0.1) is 13.2 Å². The van der Waals surface area contributed by atoms with Crippen LogP contribution in [0, 0.1) is 0 Å². The van der Waals surface area contributed by atoms with Gasteiger partial charge in [-0.05, 0) is 18.2 Å². The minimum atomic E-state index is 0. The van der Waals surface area contributed by atoms with Crippen molar-refractivity contribution in [1.29, 1.82) is 0 Å². The predicted molar refractivity (Wildman–Crippen MR) is 69.0 cm³/mol. The number of amides is 1. The van der Waals surface area contributed by atoms with E-state index in [9.17, 15) is 4.79 Å². The maximum absolute atomic E-state index is 12.1. The van der Waals surface area contributed by atoms with Crippen LogP contribution >= 0.6 is 12.4 Å². The number of methoxy groups -OCH3 is 1. The first-order chi connectivity index (χ1) is 7.72. The lowest BCUT2D eigenvalue weighted by Gasteiger charge is -2.35. The number of ether oxygens (including phenoxy) is 1. The van der Waals surface area contributed by atoms with Gasteiger partial charge in [0.25, 0.3) is 5.91 Å². The Labute approximate surface area is 107 Å². The Bertz CT molecular complexity index is 394. The first kappa shape index (κ1) is 13.8. The highest BCUT2D eigenvalue weighted by Gasteiger charge is 2.25. The SMILES string of the molecule is COc1cccc(C(=O)N(C)C2CNC2)c1.Cl. The molecule has 1 saturated heterocycles. The Kier molecular flexibility index (Phi) is 4.78. The maximum Gasteiger partial charge on any atom is 0.254 e. The van der Waals surface area contributed by atoms with Crippen molar-refractivity contribution in [2.45, 2.75) is 6.04 Å². The van der Waals surface area contributed by atoms with Gasteiger partial charge < -0.3 is 15.0 Å². The fraction of sp³-hybridized carbons (Fsp3) is 0.417. The number of carbonyl (C=O) groups is 1. The normalized spacial score (nSPS) is 14.5. The molecule has 1 aliphatic rings. The second-order valence-electron chi connectivity index (χ2n) is 3.96. The van der Waals surface area contributed by atoms with Crippen molar-refractivity contribution in [2.24, 2.45) is 0 Å². The largest absolute Gasteiger partial charge is 0.497 e. The van der Waals surface area contributed by atoms with Crippen LogP contribution in [0.1, 0.15) is 10.4 Å². The number of halogens is 1. The van der Waals surface area contributed by atoms with Gasteiger partial charge in [-0.2, -0.15) is 0 Å². The van der Waals surface area contributed by atoms with Gasteiger partial charge in [0.2, 0.25) is 0 Å². The lowest BCUT2D eigenvalue weighted by Crippen LogP contribution is -2.57. The highest BCUT2D eigenvalue weighted by atomic mass is 35.5. The zero-order valence-electron chi connectivity index (χ0n) is 9.97. The van der Waals surface area contributed by atoms with Crippen LogP contribution in [0.3, 0.4) is 0 Å². The van der Waals surface area contributed by atoms with Gasteiger partial charge in [-0.3, -0.25) is 4.79 Å². The summed E-state index contributed by atoms with van der Waals surface area (Å²) in [5.41, 5.74) is 0.675. The van der Waals surface area contributed by atoms with Gasteiger partial charge in [0.1, 0.15) is 5.75 Å². The van der Waals surface area contributed by atoms with Gasteiger partial charge in [0, 0.05) is 25.7 Å². The third-order valence-corrected chi connectivity index (χ3v) is 2.94. The van der Waals surface area contributed by atoms with Gasteiger partial charge in [-0.15, -0.1) is 12.4 Å². The van der Waals surface area contributed by atoms with E-state index in [1.54, 1.807) is 18.1 Å². The average Bonchev–Trinajstić information content (AvgIpc) is 2.25. The topological polar surface area (TPSA) is 41.6 Å². The van der Waals surface area contributed by atoms with Crippen LogP contribution < -0.4 is 10.1 Å². The Balaban J connectivity index is 0.00000144. The quantitative estimate of drug-likeness (QED) is 0.883. The Morgan fingerprint density at radius 2 is 2.18 bits per heavy atom. The molecule has 17 heavy (non-hydrogen) atoms. The molecule has 2 rings (SSSR count). The van der Waals surface area contributed by atoms with E-state index >= 15 is 0 Å². The molecule has 94 valence electrons. The zero-order valence-corrected chi connectivity index (χ0v) is 10.8. The summed E-state index contributed by atoms with van der Waals surface area (Å²) < 4.78 is 5.10. The number of hydrogen-bond acceptors (Lipinski definition) is 3. The van der Waals surface area contributed by atoms with E-state index in [0.717, 1.165) is 13.1 Å². The molecule has 1 N–H and O–H groups in total. The Morgan fingerprint density at radius 1 is 1.47 bits per heavy atom. The summed E-state index contributed by atoms with van der Waals surface area (Å²) in [6, 6.07) is 7.57. The van der Waals surface area contributed by atoms with Gasteiger partial charge >= 0.3 is 0 Å². The molecular formula is C12H17ClN2O2. The molecule has 1 aromatic rings. The number of carbonyl (C=O) groups excluding carboxylic acids is 1. The molecule has 0 aliphatic carbocycles. The van der Waals surface area contributed by atoms with Crippen LogP contribution in [0.4, 0.5) is 0 Å². The van der Waals surface area contributed by atoms with Crippen molar-refractivity contribution in [3.63, 3.8) is 0 Å². The minimum absolute atomic E-state index is 0. The van der Waals surface area contributed by atoms with Crippen molar-refractivity contribution in [1.82, 2.24) is 10.2 Å². The van der Waals surface area contributed by atoms with Crippen molar-refractivity contribution >= 4 is 18.3 Å². The number of benzene rings is 1. The van der Waals surface area contributed by atoms with Crippen LogP contribution in [0.2, 0.25) is 0 Å². The zero-order chi connectivity index (χ0) is 11.5. The summed E-state index contributed by atoms with van der Waals surface area (Å²) in [6.45, 7) is 1.76. The molecule has 0 aromatic heterocycles. The first-order valence-corrected chi connectivity index (χ1v) is 5.34. The molecule has 0 spiro atoms. The van der Waals surface area contributed by atoms with Crippen molar-refractivity contribution in [2.75, 3.05) is 27.2 Å². The summed E-state index contributed by atoms with van der Waals surface area (Å²) in [5.74, 6) is 0.761.